The third-order valence-corrected chi connectivity index (χ3v) is 3.94. The topological polar surface area (TPSA) is 44.1 Å². The molecule has 4 heteroatoms. The lowest BCUT2D eigenvalue weighted by Gasteiger charge is -2.21. The van der Waals surface area contributed by atoms with Gasteiger partial charge in [-0.1, -0.05) is 35.9 Å². The lowest BCUT2D eigenvalue weighted by Crippen LogP contribution is -2.30. The fourth-order valence-electron chi connectivity index (χ4n) is 2.39. The summed E-state index contributed by atoms with van der Waals surface area (Å²) in [6, 6.07) is 17.0. The van der Waals surface area contributed by atoms with Gasteiger partial charge in [0.2, 0.25) is 5.91 Å². The van der Waals surface area contributed by atoms with Gasteiger partial charge in [0.05, 0.1) is 11.6 Å². The van der Waals surface area contributed by atoms with E-state index in [1.807, 2.05) is 48.2 Å². The molecule has 118 valence electrons. The van der Waals surface area contributed by atoms with Crippen molar-refractivity contribution < 1.29 is 4.79 Å². The third-order valence-electron chi connectivity index (χ3n) is 3.71. The molecule has 0 unspecified atom stereocenters. The van der Waals surface area contributed by atoms with Crippen LogP contribution >= 0.6 is 11.6 Å². The van der Waals surface area contributed by atoms with Crippen LogP contribution in [0.1, 0.15) is 30.0 Å². The maximum atomic E-state index is 12.4. The Labute approximate surface area is 142 Å². The highest BCUT2D eigenvalue weighted by Gasteiger charge is 2.12. The Kier molecular flexibility index (Phi) is 6.19. The molecule has 0 saturated heterocycles. The van der Waals surface area contributed by atoms with Gasteiger partial charge in [-0.25, -0.2) is 0 Å². The zero-order valence-electron chi connectivity index (χ0n) is 13.1. The van der Waals surface area contributed by atoms with Crippen LogP contribution in [0.2, 0.25) is 5.02 Å². The molecule has 0 aliphatic heterocycles. The zero-order valence-corrected chi connectivity index (χ0v) is 13.9. The molecule has 0 radical (unpaired) electrons. The van der Waals surface area contributed by atoms with E-state index in [0.29, 0.717) is 36.5 Å². The van der Waals surface area contributed by atoms with Crippen molar-refractivity contribution in [2.24, 2.45) is 0 Å². The van der Waals surface area contributed by atoms with Crippen LogP contribution in [0.25, 0.3) is 0 Å². The molecule has 3 nitrogen and oxygen atoms in total. The number of benzene rings is 2. The van der Waals surface area contributed by atoms with Crippen molar-refractivity contribution in [2.45, 2.75) is 26.3 Å². The van der Waals surface area contributed by atoms with E-state index in [0.717, 1.165) is 11.1 Å². The van der Waals surface area contributed by atoms with Crippen molar-refractivity contribution in [1.82, 2.24) is 4.90 Å². The number of nitrogens with zero attached hydrogens (tertiary/aromatic N) is 2. The first-order chi connectivity index (χ1) is 11.1. The third kappa shape index (κ3) is 5.12. The summed E-state index contributed by atoms with van der Waals surface area (Å²) in [5.41, 5.74) is 2.73. The summed E-state index contributed by atoms with van der Waals surface area (Å²) in [6.45, 7) is 3.21. The minimum Gasteiger partial charge on any atom is -0.339 e. The summed E-state index contributed by atoms with van der Waals surface area (Å²) >= 11 is 5.99. The second kappa shape index (κ2) is 8.36. The number of rotatable bonds is 6. The Hall–Kier alpha value is -2.31. The maximum absolute atomic E-state index is 12.4. The molecule has 0 N–H and O–H groups in total. The maximum Gasteiger partial charge on any atom is 0.223 e. The van der Waals surface area contributed by atoms with Crippen LogP contribution in [0.15, 0.2) is 48.5 Å². The molecule has 1 amide bonds. The van der Waals surface area contributed by atoms with Gasteiger partial charge in [0.1, 0.15) is 0 Å². The predicted molar refractivity (Wildman–Crippen MR) is 92.0 cm³/mol. The summed E-state index contributed by atoms with van der Waals surface area (Å²) in [7, 11) is 0. The van der Waals surface area contributed by atoms with Crippen molar-refractivity contribution in [3.8, 4) is 6.07 Å². The van der Waals surface area contributed by atoms with Crippen molar-refractivity contribution in [1.29, 1.82) is 5.26 Å². The Morgan fingerprint density at radius 2 is 1.91 bits per heavy atom. The Bertz CT molecular complexity index is 704. The molecule has 0 saturated carbocycles. The number of carbonyl (C=O) groups excluding carboxylic acids is 1. The molecule has 2 aromatic rings. The highest BCUT2D eigenvalue weighted by molar-refractivity contribution is 6.30. The summed E-state index contributed by atoms with van der Waals surface area (Å²) in [5, 5.41) is 9.47. The largest absolute Gasteiger partial charge is 0.339 e. The lowest BCUT2D eigenvalue weighted by atomic mass is 10.1. The van der Waals surface area contributed by atoms with Gasteiger partial charge in [-0.05, 0) is 48.7 Å². The minimum atomic E-state index is 0.122. The van der Waals surface area contributed by atoms with Crippen molar-refractivity contribution in [3.63, 3.8) is 0 Å². The van der Waals surface area contributed by atoms with E-state index in [9.17, 15) is 4.79 Å². The molecule has 2 rings (SSSR count). The average Bonchev–Trinajstić information content (AvgIpc) is 2.58. The van der Waals surface area contributed by atoms with Crippen LogP contribution < -0.4 is 0 Å². The molecule has 0 heterocycles. The first-order valence-corrected chi connectivity index (χ1v) is 8.01. The monoisotopic (exact) mass is 326 g/mol. The van der Waals surface area contributed by atoms with Crippen molar-refractivity contribution >= 4 is 17.5 Å². The number of nitriles is 1. The van der Waals surface area contributed by atoms with E-state index in [2.05, 4.69) is 6.07 Å². The van der Waals surface area contributed by atoms with Gasteiger partial charge in [0.15, 0.2) is 0 Å². The van der Waals surface area contributed by atoms with Gasteiger partial charge in [0, 0.05) is 24.5 Å². The number of carbonyl (C=O) groups is 1. The van der Waals surface area contributed by atoms with Crippen LogP contribution in [0.4, 0.5) is 0 Å². The molecule has 0 aliphatic carbocycles. The standard InChI is InChI=1S/C19H19ClN2O/c1-2-22(14-17-4-3-5-18(20)12-17)19(23)11-10-15-6-8-16(13-21)9-7-15/h3-9,12H,2,10-11,14H2,1H3. The second-order valence-corrected chi connectivity index (χ2v) is 5.78. The fraction of sp³-hybridized carbons (Fsp3) is 0.263. The quantitative estimate of drug-likeness (QED) is 0.798. The van der Waals surface area contributed by atoms with Crippen LogP contribution in [0, 0.1) is 11.3 Å². The van der Waals surface area contributed by atoms with E-state index < -0.39 is 0 Å². The van der Waals surface area contributed by atoms with Gasteiger partial charge >= 0.3 is 0 Å². The van der Waals surface area contributed by atoms with Crippen LogP contribution in [-0.4, -0.2) is 17.4 Å². The van der Waals surface area contributed by atoms with Gasteiger partial charge in [-0.15, -0.1) is 0 Å². The highest BCUT2D eigenvalue weighted by Crippen LogP contribution is 2.14. The van der Waals surface area contributed by atoms with Crippen molar-refractivity contribution in [3.05, 3.63) is 70.2 Å². The van der Waals surface area contributed by atoms with E-state index in [-0.39, 0.29) is 5.91 Å². The number of aryl methyl sites for hydroxylation is 1. The normalized spacial score (nSPS) is 10.1. The molecule has 0 bridgehead atoms. The van der Waals surface area contributed by atoms with Gasteiger partial charge in [-0.3, -0.25) is 4.79 Å². The van der Waals surface area contributed by atoms with Crippen LogP contribution in [-0.2, 0) is 17.8 Å². The fourth-order valence-corrected chi connectivity index (χ4v) is 2.60. The molecule has 0 aliphatic rings. The SMILES string of the molecule is CCN(Cc1cccc(Cl)c1)C(=O)CCc1ccc(C#N)cc1. The average molecular weight is 327 g/mol. The predicted octanol–water partition coefficient (Wildman–Crippen LogP) is 4.19. The summed E-state index contributed by atoms with van der Waals surface area (Å²) in [5.74, 6) is 0.122. The summed E-state index contributed by atoms with van der Waals surface area (Å²) < 4.78 is 0. The summed E-state index contributed by atoms with van der Waals surface area (Å²) in [6.07, 6.45) is 1.14. The van der Waals surface area contributed by atoms with Crippen LogP contribution in [0.5, 0.6) is 0 Å². The van der Waals surface area contributed by atoms with E-state index in [1.54, 1.807) is 12.1 Å². The second-order valence-electron chi connectivity index (χ2n) is 5.35. The summed E-state index contributed by atoms with van der Waals surface area (Å²) in [4.78, 5) is 14.2. The molecular weight excluding hydrogens is 308 g/mol. The zero-order chi connectivity index (χ0) is 16.7. The Morgan fingerprint density at radius 3 is 2.52 bits per heavy atom. The molecular formula is C19H19ClN2O. The molecule has 0 atom stereocenters. The first-order valence-electron chi connectivity index (χ1n) is 7.63. The highest BCUT2D eigenvalue weighted by atomic mass is 35.5. The molecule has 0 spiro atoms. The number of hydrogen-bond acceptors (Lipinski definition) is 2. The number of hydrogen-bond donors (Lipinski definition) is 0. The molecule has 23 heavy (non-hydrogen) atoms. The van der Waals surface area contributed by atoms with Crippen molar-refractivity contribution in [2.75, 3.05) is 6.54 Å². The van der Waals surface area contributed by atoms with Gasteiger partial charge in [-0.2, -0.15) is 5.26 Å². The minimum absolute atomic E-state index is 0.122. The van der Waals surface area contributed by atoms with Gasteiger partial charge in [0.25, 0.3) is 0 Å². The Morgan fingerprint density at radius 1 is 1.17 bits per heavy atom. The number of halogens is 1. The van der Waals surface area contributed by atoms with E-state index >= 15 is 0 Å². The number of amides is 1. The van der Waals surface area contributed by atoms with Gasteiger partial charge < -0.3 is 4.90 Å². The van der Waals surface area contributed by atoms with E-state index in [4.69, 9.17) is 16.9 Å². The molecule has 0 fully saturated rings. The van der Waals surface area contributed by atoms with E-state index in [1.165, 1.54) is 0 Å². The lowest BCUT2D eigenvalue weighted by molar-refractivity contribution is -0.131. The van der Waals surface area contributed by atoms with Crippen LogP contribution in [0.3, 0.4) is 0 Å². The first kappa shape index (κ1) is 17.1. The smallest absolute Gasteiger partial charge is 0.223 e. The molecule has 2 aromatic carbocycles. The molecule has 0 aromatic heterocycles. The Balaban J connectivity index is 1.93.